The van der Waals surface area contributed by atoms with Gasteiger partial charge in [-0.05, 0) is 24.6 Å². The van der Waals surface area contributed by atoms with Gasteiger partial charge in [-0.3, -0.25) is 4.79 Å². The summed E-state index contributed by atoms with van der Waals surface area (Å²) in [6.45, 7) is 1.26. The molecule has 5 nitrogen and oxygen atoms in total. The van der Waals surface area contributed by atoms with Gasteiger partial charge in [0.1, 0.15) is 5.01 Å². The molecule has 0 saturated carbocycles. The summed E-state index contributed by atoms with van der Waals surface area (Å²) in [5.41, 5.74) is 1.27. The minimum absolute atomic E-state index is 0.313. The molecule has 0 N–H and O–H groups in total. The fraction of sp³-hybridized carbons (Fsp3) is 0.176. The maximum Gasteiger partial charge on any atom is 0.331 e. The Balaban J connectivity index is 1.95. The number of aromatic nitrogens is 1. The van der Waals surface area contributed by atoms with Crippen LogP contribution in [0.3, 0.4) is 0 Å². The molecule has 0 aliphatic rings. The lowest BCUT2D eigenvalue weighted by atomic mass is 10.1. The Bertz CT molecular complexity index is 871. The van der Waals surface area contributed by atoms with Gasteiger partial charge in [0.25, 0.3) is 0 Å². The van der Waals surface area contributed by atoms with Crippen LogP contribution in [0.4, 0.5) is 0 Å². The van der Waals surface area contributed by atoms with Crippen LogP contribution in [0.25, 0.3) is 6.08 Å². The Labute approximate surface area is 158 Å². The van der Waals surface area contributed by atoms with E-state index in [1.54, 1.807) is 30.5 Å². The number of hydrogen-bond acceptors (Lipinski definition) is 6. The van der Waals surface area contributed by atoms with Gasteiger partial charge in [0, 0.05) is 17.2 Å². The van der Waals surface area contributed by atoms with Gasteiger partial charge in [-0.2, -0.15) is 5.26 Å². The number of thiazole rings is 1. The number of nitrogens with zero attached hydrogens (tertiary/aromatic N) is 2. The van der Waals surface area contributed by atoms with Crippen molar-refractivity contribution in [3.05, 3.63) is 56.0 Å². The molecule has 128 valence electrons. The number of hydrogen-bond donors (Lipinski definition) is 0. The molecule has 1 atom stereocenters. The third-order valence-electron chi connectivity index (χ3n) is 3.07. The highest BCUT2D eigenvalue weighted by atomic mass is 35.5. The zero-order valence-electron chi connectivity index (χ0n) is 13.0. The van der Waals surface area contributed by atoms with Crippen LogP contribution in [0, 0.1) is 18.3 Å². The molecular weight excluding hydrogens is 383 g/mol. The maximum absolute atomic E-state index is 12.1. The Hall–Kier alpha value is -2.20. The molecule has 2 rings (SSSR count). The summed E-state index contributed by atoms with van der Waals surface area (Å²) >= 11 is 13.1. The number of aryl methyl sites for hydroxylation is 1. The van der Waals surface area contributed by atoms with Gasteiger partial charge >= 0.3 is 5.97 Å². The molecule has 8 heteroatoms. The molecule has 0 fully saturated rings. The smallest absolute Gasteiger partial charge is 0.331 e. The summed E-state index contributed by atoms with van der Waals surface area (Å²) in [5, 5.41) is 12.0. The van der Waals surface area contributed by atoms with Crippen molar-refractivity contribution in [2.45, 2.75) is 12.8 Å². The van der Waals surface area contributed by atoms with E-state index < -0.39 is 24.3 Å². The van der Waals surface area contributed by atoms with Gasteiger partial charge < -0.3 is 4.74 Å². The molecule has 1 aromatic heterocycles. The van der Waals surface area contributed by atoms with Crippen molar-refractivity contribution in [3.8, 4) is 6.07 Å². The first-order valence-corrected chi connectivity index (χ1v) is 8.69. The standard InChI is InChI=1S/C17H12Cl2N2O3S/c1-10-9-25-17(21-10)12(7-20)14(22)8-24-15(23)6-5-11-3-2-4-13(18)16(11)19/h2-6,9,12H,8H2,1H3/b6-5+/t12-/m0/s1. The average molecular weight is 395 g/mol. The Kier molecular flexibility index (Phi) is 6.71. The van der Waals surface area contributed by atoms with E-state index in [1.165, 1.54) is 17.4 Å². The van der Waals surface area contributed by atoms with Crippen LogP contribution >= 0.6 is 34.5 Å². The molecule has 0 saturated heterocycles. The average Bonchev–Trinajstić information content (AvgIpc) is 3.01. The van der Waals surface area contributed by atoms with Crippen LogP contribution < -0.4 is 0 Å². The molecule has 2 aromatic rings. The zero-order chi connectivity index (χ0) is 18.4. The predicted molar refractivity (Wildman–Crippen MR) is 96.7 cm³/mol. The van der Waals surface area contributed by atoms with Crippen molar-refractivity contribution >= 4 is 52.4 Å². The Morgan fingerprint density at radius 1 is 1.44 bits per heavy atom. The number of rotatable bonds is 6. The van der Waals surface area contributed by atoms with Crippen LogP contribution in [-0.2, 0) is 14.3 Å². The highest BCUT2D eigenvalue weighted by Crippen LogP contribution is 2.26. The van der Waals surface area contributed by atoms with Crippen molar-refractivity contribution in [1.82, 2.24) is 4.98 Å². The maximum atomic E-state index is 12.1. The van der Waals surface area contributed by atoms with E-state index in [2.05, 4.69) is 4.98 Å². The van der Waals surface area contributed by atoms with Crippen molar-refractivity contribution in [1.29, 1.82) is 5.26 Å². The summed E-state index contributed by atoms with van der Waals surface area (Å²) in [4.78, 5) is 27.9. The molecule has 0 radical (unpaired) electrons. The summed E-state index contributed by atoms with van der Waals surface area (Å²) in [7, 11) is 0. The van der Waals surface area contributed by atoms with E-state index in [9.17, 15) is 9.59 Å². The highest BCUT2D eigenvalue weighted by molar-refractivity contribution is 7.09. The molecule has 1 heterocycles. The lowest BCUT2D eigenvalue weighted by Crippen LogP contribution is -2.19. The first-order chi connectivity index (χ1) is 11.9. The zero-order valence-corrected chi connectivity index (χ0v) is 15.4. The number of benzene rings is 1. The number of ketones is 1. The number of carbonyl (C=O) groups excluding carboxylic acids is 2. The van der Waals surface area contributed by atoms with E-state index in [0.717, 1.165) is 11.8 Å². The Morgan fingerprint density at radius 2 is 2.20 bits per heavy atom. The molecule has 1 aromatic carbocycles. The topological polar surface area (TPSA) is 80.0 Å². The lowest BCUT2D eigenvalue weighted by Gasteiger charge is -2.05. The third kappa shape index (κ3) is 5.13. The summed E-state index contributed by atoms with van der Waals surface area (Å²) in [6, 6.07) is 6.88. The number of halogens is 2. The van der Waals surface area contributed by atoms with Crippen LogP contribution in [0.2, 0.25) is 10.0 Å². The first kappa shape index (κ1) is 19.1. The van der Waals surface area contributed by atoms with Gasteiger partial charge in [0.2, 0.25) is 0 Å². The molecule has 0 bridgehead atoms. The van der Waals surface area contributed by atoms with E-state index in [4.69, 9.17) is 33.2 Å². The monoisotopic (exact) mass is 394 g/mol. The predicted octanol–water partition coefficient (Wildman–Crippen LogP) is 4.19. The molecule has 0 unspecified atom stereocenters. The second kappa shape index (κ2) is 8.77. The molecule has 0 aliphatic heterocycles. The van der Waals surface area contributed by atoms with Crippen molar-refractivity contribution < 1.29 is 14.3 Å². The van der Waals surface area contributed by atoms with E-state index in [1.807, 2.05) is 6.07 Å². The van der Waals surface area contributed by atoms with Crippen LogP contribution in [0.1, 0.15) is 22.2 Å². The van der Waals surface area contributed by atoms with Gasteiger partial charge in [-0.1, -0.05) is 35.3 Å². The number of esters is 1. The van der Waals surface area contributed by atoms with Gasteiger partial charge in [0.05, 0.1) is 16.1 Å². The fourth-order valence-electron chi connectivity index (χ4n) is 1.85. The van der Waals surface area contributed by atoms with Gasteiger partial charge in [0.15, 0.2) is 18.3 Å². The van der Waals surface area contributed by atoms with Crippen molar-refractivity contribution in [2.75, 3.05) is 6.61 Å². The minimum atomic E-state index is -1.04. The number of carbonyl (C=O) groups is 2. The van der Waals surface area contributed by atoms with Crippen molar-refractivity contribution in [2.24, 2.45) is 0 Å². The third-order valence-corrected chi connectivity index (χ3v) is 4.93. The van der Waals surface area contributed by atoms with E-state index in [-0.39, 0.29) is 0 Å². The van der Waals surface area contributed by atoms with Crippen LogP contribution in [0.15, 0.2) is 29.7 Å². The summed E-state index contributed by atoms with van der Waals surface area (Å²) in [6.07, 6.45) is 2.58. The van der Waals surface area contributed by atoms with Gasteiger partial charge in [-0.25, -0.2) is 9.78 Å². The number of nitriles is 1. The van der Waals surface area contributed by atoms with Gasteiger partial charge in [-0.15, -0.1) is 11.3 Å². The highest BCUT2D eigenvalue weighted by Gasteiger charge is 2.24. The largest absolute Gasteiger partial charge is 0.454 e. The van der Waals surface area contributed by atoms with E-state index >= 15 is 0 Å². The minimum Gasteiger partial charge on any atom is -0.454 e. The fourth-order valence-corrected chi connectivity index (χ4v) is 3.08. The number of Topliss-reactive ketones (excluding diaryl/α,β-unsaturated/α-hetero) is 1. The molecular formula is C17H12Cl2N2O3S. The van der Waals surface area contributed by atoms with E-state index in [0.29, 0.717) is 20.6 Å². The number of ether oxygens (including phenoxy) is 1. The SMILES string of the molecule is Cc1csc([C@@H](C#N)C(=O)COC(=O)/C=C/c2cccc(Cl)c2Cl)n1. The Morgan fingerprint density at radius 3 is 2.84 bits per heavy atom. The molecule has 25 heavy (non-hydrogen) atoms. The normalized spacial score (nSPS) is 11.9. The molecule has 0 spiro atoms. The van der Waals surface area contributed by atoms with Crippen LogP contribution in [-0.4, -0.2) is 23.3 Å². The molecule has 0 amide bonds. The van der Waals surface area contributed by atoms with Crippen LogP contribution in [0.5, 0.6) is 0 Å². The van der Waals surface area contributed by atoms with Crippen molar-refractivity contribution in [3.63, 3.8) is 0 Å². The second-order valence-corrected chi connectivity index (χ2v) is 6.61. The summed E-state index contributed by atoms with van der Waals surface area (Å²) < 4.78 is 4.88. The lowest BCUT2D eigenvalue weighted by molar-refractivity contribution is -0.143. The first-order valence-electron chi connectivity index (χ1n) is 7.05. The second-order valence-electron chi connectivity index (χ2n) is 4.94. The quantitative estimate of drug-likeness (QED) is 0.541. The summed E-state index contributed by atoms with van der Waals surface area (Å²) in [5.74, 6) is -2.30. The molecule has 0 aliphatic carbocycles.